The van der Waals surface area contributed by atoms with E-state index in [2.05, 4.69) is 5.32 Å². The van der Waals surface area contributed by atoms with Gasteiger partial charge in [-0.15, -0.1) is 0 Å². The Morgan fingerprint density at radius 2 is 1.65 bits per heavy atom. The summed E-state index contributed by atoms with van der Waals surface area (Å²) in [6.07, 6.45) is -1.33. The molecule has 0 radical (unpaired) electrons. The van der Waals surface area contributed by atoms with E-state index >= 15 is 0 Å². The lowest BCUT2D eigenvalue weighted by Gasteiger charge is -2.20. The number of nitrogens with one attached hydrogen (secondary N) is 1. The van der Waals surface area contributed by atoms with Crippen molar-refractivity contribution in [3.05, 3.63) is 70.7 Å². The van der Waals surface area contributed by atoms with Crippen LogP contribution in [0.25, 0.3) is 0 Å². The first kappa shape index (κ1) is 17.0. The molecule has 0 heterocycles. The molecule has 0 fully saturated rings. The summed E-state index contributed by atoms with van der Waals surface area (Å²) in [5.41, 5.74) is 1.12. The summed E-state index contributed by atoms with van der Waals surface area (Å²) in [6, 6.07) is 13.6. The van der Waals surface area contributed by atoms with Gasteiger partial charge >= 0.3 is 5.97 Å². The Morgan fingerprint density at radius 1 is 1.04 bits per heavy atom. The molecule has 0 spiro atoms. The largest absolute Gasteiger partial charge is 0.480 e. The first-order chi connectivity index (χ1) is 11.0. The highest BCUT2D eigenvalue weighted by Gasteiger charge is 2.29. The number of carboxylic acid groups (broad SMARTS) is 1. The fraction of sp³-hybridized carbons (Fsp3) is 0.176. The minimum absolute atomic E-state index is 0.00244. The van der Waals surface area contributed by atoms with Gasteiger partial charge in [0.2, 0.25) is 5.91 Å². The maximum absolute atomic E-state index is 12.0. The van der Waals surface area contributed by atoms with Crippen molar-refractivity contribution in [2.24, 2.45) is 0 Å². The van der Waals surface area contributed by atoms with Crippen LogP contribution in [0.15, 0.2) is 54.6 Å². The van der Waals surface area contributed by atoms with Gasteiger partial charge in [0.15, 0.2) is 6.04 Å². The van der Waals surface area contributed by atoms with E-state index < -0.39 is 24.0 Å². The molecule has 0 bridgehead atoms. The van der Waals surface area contributed by atoms with Crippen LogP contribution in [0.1, 0.15) is 17.2 Å². The summed E-state index contributed by atoms with van der Waals surface area (Å²) >= 11 is 5.77. The van der Waals surface area contributed by atoms with Crippen LogP contribution >= 0.6 is 11.6 Å². The van der Waals surface area contributed by atoms with Gasteiger partial charge in [0.1, 0.15) is 6.10 Å². The number of carbonyl (C=O) groups excluding carboxylic acids is 1. The molecule has 2 aromatic carbocycles. The van der Waals surface area contributed by atoms with Crippen molar-refractivity contribution in [1.82, 2.24) is 5.32 Å². The summed E-state index contributed by atoms with van der Waals surface area (Å²) in [6.45, 7) is 0. The zero-order chi connectivity index (χ0) is 16.8. The average Bonchev–Trinajstić information content (AvgIpc) is 2.55. The Kier molecular flexibility index (Phi) is 5.73. The summed E-state index contributed by atoms with van der Waals surface area (Å²) in [7, 11) is 0. The maximum Gasteiger partial charge on any atom is 0.329 e. The topological polar surface area (TPSA) is 86.6 Å². The first-order valence-electron chi connectivity index (χ1n) is 6.97. The van der Waals surface area contributed by atoms with Crippen molar-refractivity contribution in [2.45, 2.75) is 18.6 Å². The number of hydrogen-bond donors (Lipinski definition) is 3. The Morgan fingerprint density at radius 3 is 2.22 bits per heavy atom. The number of benzene rings is 2. The molecule has 0 aromatic heterocycles. The van der Waals surface area contributed by atoms with Crippen LogP contribution in [0.3, 0.4) is 0 Å². The molecule has 0 saturated carbocycles. The van der Waals surface area contributed by atoms with Gasteiger partial charge in [-0.2, -0.15) is 0 Å². The van der Waals surface area contributed by atoms with Crippen molar-refractivity contribution < 1.29 is 19.8 Å². The van der Waals surface area contributed by atoms with Gasteiger partial charge in [-0.1, -0.05) is 54.1 Å². The van der Waals surface area contributed by atoms with Gasteiger partial charge in [0.05, 0.1) is 6.42 Å². The fourth-order valence-electron chi connectivity index (χ4n) is 2.13. The van der Waals surface area contributed by atoms with Crippen LogP contribution in [0.5, 0.6) is 0 Å². The number of carbonyl (C=O) groups is 2. The van der Waals surface area contributed by atoms with Crippen molar-refractivity contribution in [3.63, 3.8) is 0 Å². The molecule has 3 N–H and O–H groups in total. The van der Waals surface area contributed by atoms with Gasteiger partial charge in [0.25, 0.3) is 0 Å². The van der Waals surface area contributed by atoms with Crippen LogP contribution in [0.2, 0.25) is 5.02 Å². The van der Waals surface area contributed by atoms with E-state index in [1.54, 1.807) is 54.6 Å². The van der Waals surface area contributed by atoms with Crippen molar-refractivity contribution in [1.29, 1.82) is 0 Å². The molecule has 0 saturated heterocycles. The summed E-state index contributed by atoms with van der Waals surface area (Å²) in [4.78, 5) is 23.4. The zero-order valence-corrected chi connectivity index (χ0v) is 12.9. The van der Waals surface area contributed by atoms with E-state index in [-0.39, 0.29) is 6.42 Å². The maximum atomic E-state index is 12.0. The van der Waals surface area contributed by atoms with E-state index in [4.69, 9.17) is 11.6 Å². The highest BCUT2D eigenvalue weighted by Crippen LogP contribution is 2.17. The van der Waals surface area contributed by atoms with Crippen molar-refractivity contribution in [3.8, 4) is 0 Å². The molecule has 5 nitrogen and oxygen atoms in total. The van der Waals surface area contributed by atoms with E-state index in [0.717, 1.165) is 0 Å². The van der Waals surface area contributed by atoms with Gasteiger partial charge in [0, 0.05) is 5.02 Å². The molecule has 2 atom stereocenters. The number of rotatable bonds is 6. The molecule has 0 aliphatic carbocycles. The summed E-state index contributed by atoms with van der Waals surface area (Å²) in [5.74, 6) is -1.79. The van der Waals surface area contributed by atoms with Crippen molar-refractivity contribution >= 4 is 23.5 Å². The molecule has 2 rings (SSSR count). The Labute approximate surface area is 138 Å². The number of aliphatic hydroxyl groups is 1. The summed E-state index contributed by atoms with van der Waals surface area (Å²) in [5, 5.41) is 22.4. The second-order valence-corrected chi connectivity index (χ2v) is 5.48. The molecule has 6 heteroatoms. The normalized spacial score (nSPS) is 13.1. The van der Waals surface area contributed by atoms with Crippen LogP contribution in [-0.2, 0) is 16.0 Å². The van der Waals surface area contributed by atoms with Gasteiger partial charge in [-0.3, -0.25) is 4.79 Å². The highest BCUT2D eigenvalue weighted by atomic mass is 35.5. The molecule has 23 heavy (non-hydrogen) atoms. The first-order valence-corrected chi connectivity index (χ1v) is 7.35. The van der Waals surface area contributed by atoms with Crippen LogP contribution in [0.4, 0.5) is 0 Å². The molecular formula is C17H16ClNO4. The van der Waals surface area contributed by atoms with E-state index in [0.29, 0.717) is 16.1 Å². The quantitative estimate of drug-likeness (QED) is 0.756. The van der Waals surface area contributed by atoms with E-state index in [1.807, 2.05) is 0 Å². The lowest BCUT2D eigenvalue weighted by atomic mass is 10.0. The van der Waals surface area contributed by atoms with E-state index in [1.165, 1.54) is 0 Å². The number of halogens is 1. The Hall–Kier alpha value is -2.37. The fourth-order valence-corrected chi connectivity index (χ4v) is 2.26. The lowest BCUT2D eigenvalue weighted by Crippen LogP contribution is -2.45. The van der Waals surface area contributed by atoms with E-state index in [9.17, 15) is 19.8 Å². The molecule has 2 aromatic rings. The molecule has 0 aliphatic rings. The molecule has 0 aliphatic heterocycles. The van der Waals surface area contributed by atoms with Gasteiger partial charge in [-0.05, 0) is 23.3 Å². The predicted octanol–water partition coefficient (Wildman–Crippen LogP) is 2.19. The lowest BCUT2D eigenvalue weighted by molar-refractivity contribution is -0.145. The average molecular weight is 334 g/mol. The standard InChI is InChI=1S/C17H16ClNO4/c18-13-8-6-11(7-9-13)10-14(20)19-15(17(22)23)16(21)12-4-2-1-3-5-12/h1-9,15-16,21H,10H2,(H,19,20)(H,22,23). The third-order valence-electron chi connectivity index (χ3n) is 3.32. The molecule has 2 unspecified atom stereocenters. The van der Waals surface area contributed by atoms with Crippen LogP contribution < -0.4 is 5.32 Å². The molecule has 1 amide bonds. The predicted molar refractivity (Wildman–Crippen MR) is 86.1 cm³/mol. The Balaban J connectivity index is 2.05. The molecular weight excluding hydrogens is 318 g/mol. The number of aliphatic carboxylic acids is 1. The number of aliphatic hydroxyl groups excluding tert-OH is 1. The minimum atomic E-state index is -1.42. The van der Waals surface area contributed by atoms with Gasteiger partial charge in [-0.25, -0.2) is 4.79 Å². The third kappa shape index (κ3) is 4.81. The number of carboxylic acids is 1. The van der Waals surface area contributed by atoms with Crippen LogP contribution in [0, 0.1) is 0 Å². The smallest absolute Gasteiger partial charge is 0.329 e. The zero-order valence-electron chi connectivity index (χ0n) is 12.1. The highest BCUT2D eigenvalue weighted by molar-refractivity contribution is 6.30. The summed E-state index contributed by atoms with van der Waals surface area (Å²) < 4.78 is 0. The minimum Gasteiger partial charge on any atom is -0.480 e. The Bertz CT molecular complexity index is 673. The number of hydrogen-bond acceptors (Lipinski definition) is 3. The van der Waals surface area contributed by atoms with Crippen molar-refractivity contribution in [2.75, 3.05) is 0 Å². The van der Waals surface area contributed by atoms with Crippen LogP contribution in [-0.4, -0.2) is 28.1 Å². The number of amides is 1. The SMILES string of the molecule is O=C(Cc1ccc(Cl)cc1)NC(C(=O)O)C(O)c1ccccc1. The second kappa shape index (κ2) is 7.76. The third-order valence-corrected chi connectivity index (χ3v) is 3.57. The molecule has 120 valence electrons. The second-order valence-electron chi connectivity index (χ2n) is 5.04. The monoisotopic (exact) mass is 333 g/mol. The van der Waals surface area contributed by atoms with Gasteiger partial charge < -0.3 is 15.5 Å².